The first kappa shape index (κ1) is 15.8. The molecule has 1 amide bonds. The highest BCUT2D eigenvalue weighted by Gasteiger charge is 2.33. The number of rotatable bonds is 4. The van der Waals surface area contributed by atoms with Gasteiger partial charge in [0.2, 0.25) is 0 Å². The van der Waals surface area contributed by atoms with Crippen LogP contribution >= 0.6 is 11.8 Å². The second-order valence-corrected chi connectivity index (χ2v) is 7.19. The molecule has 122 valence electrons. The summed E-state index contributed by atoms with van der Waals surface area (Å²) in [5, 5.41) is 9.61. The fraction of sp³-hybridized carbons (Fsp3) is 0.800. The molecule has 2 fully saturated rings. The van der Waals surface area contributed by atoms with Crippen molar-refractivity contribution in [2.24, 2.45) is 7.05 Å². The largest absolute Gasteiger partial charge is 0.368 e. The lowest BCUT2D eigenvalue weighted by atomic mass is 9.96. The Labute approximate surface area is 135 Å². The number of carbonyl (C=O) groups is 1. The zero-order valence-electron chi connectivity index (χ0n) is 13.3. The summed E-state index contributed by atoms with van der Waals surface area (Å²) < 4.78 is 7.62. The Kier molecular flexibility index (Phi) is 5.03. The van der Waals surface area contributed by atoms with Gasteiger partial charge >= 0.3 is 0 Å². The molecular weight excluding hydrogens is 300 g/mol. The Morgan fingerprint density at radius 1 is 1.36 bits per heavy atom. The van der Waals surface area contributed by atoms with Crippen LogP contribution in [0.5, 0.6) is 0 Å². The highest BCUT2D eigenvalue weighted by molar-refractivity contribution is 7.99. The van der Waals surface area contributed by atoms with E-state index in [1.807, 2.05) is 11.9 Å². The number of thioether (sulfide) groups is 1. The first-order valence-electron chi connectivity index (χ1n) is 8.13. The van der Waals surface area contributed by atoms with E-state index in [0.29, 0.717) is 6.61 Å². The summed E-state index contributed by atoms with van der Waals surface area (Å²) >= 11 is 1.70. The van der Waals surface area contributed by atoms with Gasteiger partial charge in [0.25, 0.3) is 5.91 Å². The van der Waals surface area contributed by atoms with Gasteiger partial charge in [0.05, 0.1) is 0 Å². The number of ether oxygens (including phenoxy) is 1. The van der Waals surface area contributed by atoms with Gasteiger partial charge in [0.15, 0.2) is 5.16 Å². The van der Waals surface area contributed by atoms with Crippen molar-refractivity contribution in [3.05, 3.63) is 5.82 Å². The monoisotopic (exact) mass is 324 g/mol. The van der Waals surface area contributed by atoms with Crippen molar-refractivity contribution in [1.82, 2.24) is 19.7 Å². The number of hydrogen-bond donors (Lipinski definition) is 0. The molecular formula is C15H24N4O2S. The lowest BCUT2D eigenvalue weighted by Gasteiger charge is -2.33. The van der Waals surface area contributed by atoms with Crippen LogP contribution in [0.2, 0.25) is 0 Å². The van der Waals surface area contributed by atoms with Crippen molar-refractivity contribution >= 4 is 17.7 Å². The molecule has 0 N–H and O–H groups in total. The van der Waals surface area contributed by atoms with E-state index < -0.39 is 0 Å². The van der Waals surface area contributed by atoms with Gasteiger partial charge in [-0.25, -0.2) is 0 Å². The quantitative estimate of drug-likeness (QED) is 0.791. The Hall–Kier alpha value is -1.08. The van der Waals surface area contributed by atoms with Gasteiger partial charge in [-0.15, -0.1) is 10.2 Å². The van der Waals surface area contributed by atoms with Crippen molar-refractivity contribution in [2.75, 3.05) is 25.4 Å². The molecule has 0 aromatic carbocycles. The maximum atomic E-state index is 12.5. The number of likely N-dealkylation sites (tertiary alicyclic amines) is 1. The van der Waals surface area contributed by atoms with Crippen LogP contribution in [0.3, 0.4) is 0 Å². The fourth-order valence-corrected chi connectivity index (χ4v) is 3.94. The van der Waals surface area contributed by atoms with E-state index in [2.05, 4.69) is 21.7 Å². The van der Waals surface area contributed by atoms with E-state index >= 15 is 0 Å². The number of amides is 1. The van der Waals surface area contributed by atoms with Crippen molar-refractivity contribution < 1.29 is 9.53 Å². The zero-order chi connectivity index (χ0) is 15.5. The average molecular weight is 324 g/mol. The van der Waals surface area contributed by atoms with Crippen LogP contribution < -0.4 is 0 Å². The molecule has 0 bridgehead atoms. The summed E-state index contributed by atoms with van der Waals surface area (Å²) in [5.41, 5.74) is 0. The fourth-order valence-electron chi connectivity index (χ4n) is 3.30. The molecule has 0 radical (unpaired) electrons. The molecule has 0 saturated carbocycles. The summed E-state index contributed by atoms with van der Waals surface area (Å²) in [6.07, 6.45) is 3.73. The molecule has 0 spiro atoms. The zero-order valence-corrected chi connectivity index (χ0v) is 14.1. The summed E-state index contributed by atoms with van der Waals surface area (Å²) in [5.74, 6) is 2.43. The maximum Gasteiger partial charge on any atom is 0.251 e. The Morgan fingerprint density at radius 2 is 2.23 bits per heavy atom. The minimum atomic E-state index is -0.218. The molecule has 2 saturated heterocycles. The Bertz CT molecular complexity index is 528. The molecule has 3 heterocycles. The van der Waals surface area contributed by atoms with Gasteiger partial charge in [-0.3, -0.25) is 4.79 Å². The third-order valence-corrected chi connectivity index (χ3v) is 5.35. The second kappa shape index (κ2) is 7.00. The average Bonchev–Trinajstić information content (AvgIpc) is 3.18. The van der Waals surface area contributed by atoms with Crippen LogP contribution in [-0.4, -0.2) is 57.1 Å². The van der Waals surface area contributed by atoms with E-state index in [1.165, 1.54) is 0 Å². The van der Waals surface area contributed by atoms with Gasteiger partial charge < -0.3 is 14.2 Å². The molecule has 2 aliphatic rings. The summed E-state index contributed by atoms with van der Waals surface area (Å²) in [6.45, 7) is 4.40. The number of carbonyl (C=O) groups excluding carboxylic acids is 1. The SMILES string of the molecule is CCSc1nnc([C@H]2CCCN(C(=O)[C@H]3CCCO3)C2)n1C. The molecule has 7 heteroatoms. The minimum Gasteiger partial charge on any atom is -0.368 e. The Morgan fingerprint density at radius 3 is 2.95 bits per heavy atom. The topological polar surface area (TPSA) is 60.3 Å². The summed E-state index contributed by atoms with van der Waals surface area (Å²) in [4.78, 5) is 14.5. The minimum absolute atomic E-state index is 0.160. The molecule has 1 aromatic rings. The van der Waals surface area contributed by atoms with Gasteiger partial charge in [-0.2, -0.15) is 0 Å². The van der Waals surface area contributed by atoms with Crippen LogP contribution in [0.25, 0.3) is 0 Å². The standard InChI is InChI=1S/C15H24N4O2S/c1-3-22-15-17-16-13(18(15)2)11-6-4-8-19(10-11)14(20)12-7-5-9-21-12/h11-12H,3-10H2,1-2H3/t11-,12+/m0/s1. The number of aromatic nitrogens is 3. The highest BCUT2D eigenvalue weighted by Crippen LogP contribution is 2.29. The van der Waals surface area contributed by atoms with E-state index in [0.717, 1.165) is 55.5 Å². The second-order valence-electron chi connectivity index (χ2n) is 5.96. The van der Waals surface area contributed by atoms with Crippen molar-refractivity contribution in [3.8, 4) is 0 Å². The van der Waals surface area contributed by atoms with Crippen LogP contribution in [-0.2, 0) is 16.6 Å². The van der Waals surface area contributed by atoms with E-state index in [4.69, 9.17) is 4.74 Å². The molecule has 2 aliphatic heterocycles. The van der Waals surface area contributed by atoms with E-state index in [-0.39, 0.29) is 17.9 Å². The molecule has 2 atom stereocenters. The molecule has 22 heavy (non-hydrogen) atoms. The first-order valence-corrected chi connectivity index (χ1v) is 9.11. The first-order chi connectivity index (χ1) is 10.7. The van der Waals surface area contributed by atoms with Gasteiger partial charge in [-0.05, 0) is 31.4 Å². The van der Waals surface area contributed by atoms with Gasteiger partial charge in [0, 0.05) is 32.7 Å². The van der Waals surface area contributed by atoms with Crippen molar-refractivity contribution in [2.45, 2.75) is 49.8 Å². The van der Waals surface area contributed by atoms with Crippen LogP contribution in [0.1, 0.15) is 44.3 Å². The van der Waals surface area contributed by atoms with Gasteiger partial charge in [-0.1, -0.05) is 18.7 Å². The van der Waals surface area contributed by atoms with Crippen LogP contribution in [0.15, 0.2) is 5.16 Å². The number of piperidine rings is 1. The highest BCUT2D eigenvalue weighted by atomic mass is 32.2. The van der Waals surface area contributed by atoms with E-state index in [1.54, 1.807) is 11.8 Å². The molecule has 6 nitrogen and oxygen atoms in total. The predicted molar refractivity (Wildman–Crippen MR) is 84.9 cm³/mol. The normalized spacial score (nSPS) is 25.6. The lowest BCUT2D eigenvalue weighted by Crippen LogP contribution is -2.44. The van der Waals surface area contributed by atoms with E-state index in [9.17, 15) is 4.79 Å². The lowest BCUT2D eigenvalue weighted by molar-refractivity contribution is -0.142. The Balaban J connectivity index is 1.68. The van der Waals surface area contributed by atoms with Gasteiger partial charge in [0.1, 0.15) is 11.9 Å². The maximum absolute atomic E-state index is 12.5. The summed E-state index contributed by atoms with van der Waals surface area (Å²) in [6, 6.07) is 0. The number of nitrogens with zero attached hydrogens (tertiary/aromatic N) is 4. The number of hydrogen-bond acceptors (Lipinski definition) is 5. The molecule has 1 aromatic heterocycles. The molecule has 3 rings (SSSR count). The third-order valence-electron chi connectivity index (χ3n) is 4.45. The predicted octanol–water partition coefficient (Wildman–Crippen LogP) is 1.81. The molecule has 0 aliphatic carbocycles. The smallest absolute Gasteiger partial charge is 0.251 e. The van der Waals surface area contributed by atoms with Crippen LogP contribution in [0.4, 0.5) is 0 Å². The third kappa shape index (κ3) is 3.15. The van der Waals surface area contributed by atoms with Crippen molar-refractivity contribution in [3.63, 3.8) is 0 Å². The summed E-state index contributed by atoms with van der Waals surface area (Å²) in [7, 11) is 2.02. The molecule has 0 unspecified atom stereocenters. The van der Waals surface area contributed by atoms with Crippen LogP contribution in [0, 0.1) is 0 Å². The van der Waals surface area contributed by atoms with Crippen molar-refractivity contribution in [1.29, 1.82) is 0 Å².